The average Bonchev–Trinajstić information content (AvgIpc) is 2.86. The number of benzene rings is 1. The van der Waals surface area contributed by atoms with Crippen molar-refractivity contribution in [1.82, 2.24) is 9.80 Å². The first-order valence-corrected chi connectivity index (χ1v) is 13.9. The van der Waals surface area contributed by atoms with Crippen LogP contribution in [0, 0.1) is 17.8 Å². The minimum atomic E-state index is -2.67. The Morgan fingerprint density at radius 2 is 1.82 bits per heavy atom. The SMILES string of the molecule is CCN(Cc1cc(O)c2c(c1Cl)C[C@H]1C[C@H]3[C@H](N(C)C)C(O)=C(C(N)=O)C(=O)[C@@]3(O)C(O)=C1C2=O)[C@H](C)C(C)C. The van der Waals surface area contributed by atoms with Gasteiger partial charge in [-0.3, -0.25) is 24.2 Å². The molecule has 40 heavy (non-hydrogen) atoms. The van der Waals surface area contributed by atoms with Gasteiger partial charge in [0.1, 0.15) is 22.8 Å². The summed E-state index contributed by atoms with van der Waals surface area (Å²) in [6.45, 7) is 9.61. The first kappa shape index (κ1) is 30.0. The van der Waals surface area contributed by atoms with Crippen molar-refractivity contribution >= 4 is 29.1 Å². The number of ketones is 2. The third-order valence-corrected chi connectivity index (χ3v) is 9.52. The molecule has 0 aliphatic heterocycles. The molecule has 6 N–H and O–H groups in total. The summed E-state index contributed by atoms with van der Waals surface area (Å²) < 4.78 is 0. The van der Waals surface area contributed by atoms with E-state index >= 15 is 0 Å². The number of fused-ring (bicyclic) bond motifs is 3. The molecule has 1 aromatic carbocycles. The summed E-state index contributed by atoms with van der Waals surface area (Å²) >= 11 is 6.88. The van der Waals surface area contributed by atoms with Crippen molar-refractivity contribution in [3.05, 3.63) is 50.4 Å². The van der Waals surface area contributed by atoms with Crippen molar-refractivity contribution in [2.24, 2.45) is 23.5 Å². The number of aromatic hydroxyl groups is 1. The Balaban J connectivity index is 1.86. The fourth-order valence-corrected chi connectivity index (χ4v) is 6.94. The molecule has 10 nitrogen and oxygen atoms in total. The van der Waals surface area contributed by atoms with Crippen LogP contribution < -0.4 is 5.73 Å². The Morgan fingerprint density at radius 3 is 2.35 bits per heavy atom. The molecule has 0 spiro atoms. The van der Waals surface area contributed by atoms with Crippen molar-refractivity contribution < 1.29 is 34.8 Å². The fraction of sp³-hybridized carbons (Fsp3) is 0.552. The number of nitrogens with two attached hydrogens (primary N) is 1. The van der Waals surface area contributed by atoms with E-state index in [1.807, 2.05) is 6.92 Å². The number of aliphatic hydroxyl groups excluding tert-OH is 2. The van der Waals surface area contributed by atoms with Gasteiger partial charge in [-0.05, 0) is 69.4 Å². The van der Waals surface area contributed by atoms with Crippen molar-refractivity contribution in [3.63, 3.8) is 0 Å². The van der Waals surface area contributed by atoms with E-state index in [0.717, 1.165) is 6.54 Å². The molecule has 0 saturated heterocycles. The van der Waals surface area contributed by atoms with E-state index in [1.54, 1.807) is 14.1 Å². The number of primary amides is 1. The van der Waals surface area contributed by atoms with Crippen LogP contribution in [-0.2, 0) is 22.6 Å². The molecule has 0 aromatic heterocycles. The Labute approximate surface area is 238 Å². The molecule has 0 radical (unpaired) electrons. The largest absolute Gasteiger partial charge is 0.510 e. The minimum Gasteiger partial charge on any atom is -0.510 e. The summed E-state index contributed by atoms with van der Waals surface area (Å²) in [5.41, 5.74) is 2.67. The molecule has 5 atom stereocenters. The number of hydrogen-bond donors (Lipinski definition) is 5. The molecular weight excluding hydrogens is 538 g/mol. The first-order chi connectivity index (χ1) is 18.6. The monoisotopic (exact) mass is 575 g/mol. The maximum absolute atomic E-state index is 13.8. The maximum Gasteiger partial charge on any atom is 0.255 e. The van der Waals surface area contributed by atoms with Crippen molar-refractivity contribution in [2.75, 3.05) is 20.6 Å². The van der Waals surface area contributed by atoms with E-state index in [1.165, 1.54) is 11.0 Å². The standard InChI is InChI=1S/C29H38ClN3O7/c1-7-33(13(4)12(2)3)11-15-10-18(34)20-16(22(15)30)8-14-9-17-23(32(5)6)25(36)21(28(31)39)27(38)29(17,40)26(37)19(14)24(20)35/h10,12-14,17,23,34,36-37,40H,7-9,11H2,1-6H3,(H2,31,39)/t13-,14+,17+,23+,29+/m1/s1. The molecule has 0 heterocycles. The number of phenols is 1. The summed E-state index contributed by atoms with van der Waals surface area (Å²) in [6.07, 6.45) is 0.166. The van der Waals surface area contributed by atoms with Gasteiger partial charge in [0.2, 0.25) is 5.78 Å². The second kappa shape index (κ2) is 10.5. The molecule has 11 heteroatoms. The highest BCUT2D eigenvalue weighted by Gasteiger charge is 2.63. The molecule has 3 aliphatic carbocycles. The number of phenolic OH excluding ortho intramolecular Hbond substituents is 1. The molecule has 4 rings (SSSR count). The normalized spacial score (nSPS) is 27.3. The Hall–Kier alpha value is -2.92. The van der Waals surface area contributed by atoms with Gasteiger partial charge in [0.05, 0.1) is 11.6 Å². The number of rotatable bonds is 7. The van der Waals surface area contributed by atoms with Crippen LogP contribution in [0.25, 0.3) is 0 Å². The quantitative estimate of drug-likeness (QED) is 0.307. The number of nitrogens with zero attached hydrogens (tertiary/aromatic N) is 2. The second-order valence-corrected chi connectivity index (χ2v) is 12.1. The van der Waals surface area contributed by atoms with Crippen LogP contribution >= 0.6 is 11.6 Å². The Bertz CT molecular complexity index is 1350. The third-order valence-electron chi connectivity index (χ3n) is 9.05. The minimum absolute atomic E-state index is 0.0124. The zero-order valence-electron chi connectivity index (χ0n) is 23.7. The van der Waals surface area contributed by atoms with E-state index in [2.05, 4.69) is 25.7 Å². The first-order valence-electron chi connectivity index (χ1n) is 13.5. The van der Waals surface area contributed by atoms with Crippen LogP contribution in [0.2, 0.25) is 5.02 Å². The van der Waals surface area contributed by atoms with E-state index in [4.69, 9.17) is 17.3 Å². The lowest BCUT2D eigenvalue weighted by Gasteiger charge is -2.50. The summed E-state index contributed by atoms with van der Waals surface area (Å²) in [5.74, 6) is -6.46. The summed E-state index contributed by atoms with van der Waals surface area (Å²) in [4.78, 5) is 43.0. The lowest BCUT2D eigenvalue weighted by molar-refractivity contribution is -0.148. The Morgan fingerprint density at radius 1 is 1.20 bits per heavy atom. The third kappa shape index (κ3) is 4.32. The van der Waals surface area contributed by atoms with Gasteiger partial charge >= 0.3 is 0 Å². The molecule has 0 saturated carbocycles. The zero-order valence-corrected chi connectivity index (χ0v) is 24.4. The number of likely N-dealkylation sites (N-methyl/N-ethyl adjacent to an activating group) is 1. The molecule has 0 bridgehead atoms. The molecule has 3 aliphatic rings. The topological polar surface area (TPSA) is 165 Å². The van der Waals surface area contributed by atoms with Gasteiger partial charge in [-0.2, -0.15) is 0 Å². The van der Waals surface area contributed by atoms with Crippen molar-refractivity contribution in [3.8, 4) is 5.75 Å². The number of carbonyl (C=O) groups is 3. The fourth-order valence-electron chi connectivity index (χ4n) is 6.65. The lowest BCUT2D eigenvalue weighted by atomic mass is 9.58. The van der Waals surface area contributed by atoms with Crippen LogP contribution in [0.4, 0.5) is 0 Å². The molecule has 218 valence electrons. The number of amides is 1. The second-order valence-electron chi connectivity index (χ2n) is 11.7. The van der Waals surface area contributed by atoms with E-state index in [0.29, 0.717) is 28.6 Å². The summed E-state index contributed by atoms with van der Waals surface area (Å²) in [7, 11) is 3.18. The van der Waals surface area contributed by atoms with Gasteiger partial charge in [0.15, 0.2) is 11.4 Å². The predicted molar refractivity (Wildman–Crippen MR) is 149 cm³/mol. The van der Waals surface area contributed by atoms with Crippen molar-refractivity contribution in [1.29, 1.82) is 0 Å². The van der Waals surface area contributed by atoms with Crippen molar-refractivity contribution in [2.45, 2.75) is 64.8 Å². The maximum atomic E-state index is 13.8. The highest BCUT2D eigenvalue weighted by atomic mass is 35.5. The molecular formula is C29H38ClN3O7. The average molecular weight is 576 g/mol. The summed E-state index contributed by atoms with van der Waals surface area (Å²) in [5, 5.41) is 45.3. The molecule has 1 amide bonds. The van der Waals surface area contributed by atoms with Crippen LogP contribution in [0.3, 0.4) is 0 Å². The summed E-state index contributed by atoms with van der Waals surface area (Å²) in [6, 6.07) is 0.643. The molecule has 0 fully saturated rings. The number of carbonyl (C=O) groups excluding carboxylic acids is 3. The smallest absolute Gasteiger partial charge is 0.255 e. The number of hydrogen-bond acceptors (Lipinski definition) is 9. The van der Waals surface area contributed by atoms with E-state index < -0.39 is 58.0 Å². The van der Waals surface area contributed by atoms with Crippen LogP contribution in [0.5, 0.6) is 5.75 Å². The van der Waals surface area contributed by atoms with E-state index in [9.17, 15) is 34.8 Å². The lowest BCUT2D eigenvalue weighted by Crippen LogP contribution is -2.63. The van der Waals surface area contributed by atoms with Crippen LogP contribution in [-0.4, -0.2) is 86.0 Å². The zero-order chi connectivity index (χ0) is 30.0. The highest BCUT2D eigenvalue weighted by molar-refractivity contribution is 6.33. The molecule has 1 aromatic rings. The van der Waals surface area contributed by atoms with Gasteiger partial charge in [-0.1, -0.05) is 32.4 Å². The molecule has 0 unspecified atom stereocenters. The number of allylic oxidation sites excluding steroid dienone is 1. The van der Waals surface area contributed by atoms with Gasteiger partial charge in [-0.15, -0.1) is 0 Å². The van der Waals surface area contributed by atoms with Gasteiger partial charge in [0.25, 0.3) is 5.91 Å². The number of halogens is 1. The van der Waals surface area contributed by atoms with Gasteiger partial charge in [0, 0.05) is 29.1 Å². The Kier molecular flexibility index (Phi) is 7.87. The predicted octanol–water partition coefficient (Wildman–Crippen LogP) is 2.64. The van der Waals surface area contributed by atoms with Gasteiger partial charge in [-0.25, -0.2) is 0 Å². The van der Waals surface area contributed by atoms with E-state index in [-0.39, 0.29) is 35.8 Å². The van der Waals surface area contributed by atoms with Crippen LogP contribution in [0.15, 0.2) is 28.7 Å². The number of Topliss-reactive ketones (excluding diaryl/α,β-unsaturated/α-hetero) is 2. The number of aliphatic hydroxyl groups is 3. The van der Waals surface area contributed by atoms with Gasteiger partial charge < -0.3 is 26.2 Å². The highest BCUT2D eigenvalue weighted by Crippen LogP contribution is 2.53. The van der Waals surface area contributed by atoms with Crippen LogP contribution in [0.1, 0.15) is 55.6 Å².